The van der Waals surface area contributed by atoms with E-state index in [1.807, 2.05) is 62.5 Å². The quantitative estimate of drug-likeness (QED) is 0.544. The smallest absolute Gasteiger partial charge is 0.295 e. The summed E-state index contributed by atoms with van der Waals surface area (Å²) in [5.74, 6) is -0.270. The summed E-state index contributed by atoms with van der Waals surface area (Å²) in [6.45, 7) is 1.84. The number of fused-ring (bicyclic) bond motifs is 3. The third-order valence-corrected chi connectivity index (χ3v) is 6.15. The second-order valence-electron chi connectivity index (χ2n) is 7.94. The molecule has 0 fully saturated rings. The van der Waals surface area contributed by atoms with Crippen LogP contribution in [0.3, 0.4) is 0 Å². The van der Waals surface area contributed by atoms with Crippen molar-refractivity contribution in [1.82, 2.24) is 14.3 Å². The highest BCUT2D eigenvalue weighted by Crippen LogP contribution is 2.30. The first kappa shape index (κ1) is 18.5. The first-order valence-electron chi connectivity index (χ1n) is 10.3. The van der Waals surface area contributed by atoms with Crippen LogP contribution < -0.4 is 10.9 Å². The molecule has 30 heavy (non-hydrogen) atoms. The molecule has 1 aliphatic carbocycles. The number of para-hydroxylation sites is 1. The van der Waals surface area contributed by atoms with E-state index in [1.165, 1.54) is 24.1 Å². The van der Waals surface area contributed by atoms with Crippen LogP contribution in [-0.4, -0.2) is 20.3 Å². The molecule has 0 spiro atoms. The minimum absolute atomic E-state index is 0.241. The van der Waals surface area contributed by atoms with Crippen LogP contribution in [0, 0.1) is 6.92 Å². The zero-order valence-corrected chi connectivity index (χ0v) is 17.2. The van der Waals surface area contributed by atoms with Crippen LogP contribution >= 0.6 is 0 Å². The van der Waals surface area contributed by atoms with Gasteiger partial charge in [-0.1, -0.05) is 18.2 Å². The zero-order chi connectivity index (χ0) is 20.8. The highest BCUT2D eigenvalue weighted by molar-refractivity contribution is 6.06. The molecule has 152 valence electrons. The number of aromatic amines is 1. The molecule has 0 radical (unpaired) electrons. The van der Waals surface area contributed by atoms with Gasteiger partial charge in [-0.3, -0.25) is 14.3 Å². The van der Waals surface area contributed by atoms with E-state index in [1.54, 1.807) is 9.36 Å². The third kappa shape index (κ3) is 2.87. The van der Waals surface area contributed by atoms with Gasteiger partial charge < -0.3 is 10.3 Å². The van der Waals surface area contributed by atoms with Gasteiger partial charge in [-0.05, 0) is 68.5 Å². The molecule has 0 aliphatic heterocycles. The second-order valence-corrected chi connectivity index (χ2v) is 7.94. The predicted octanol–water partition coefficient (Wildman–Crippen LogP) is 4.10. The molecule has 1 amide bonds. The van der Waals surface area contributed by atoms with Crippen molar-refractivity contribution in [3.63, 3.8) is 0 Å². The van der Waals surface area contributed by atoms with E-state index in [0.717, 1.165) is 29.4 Å². The van der Waals surface area contributed by atoms with Crippen molar-refractivity contribution in [2.45, 2.75) is 32.6 Å². The third-order valence-electron chi connectivity index (χ3n) is 6.15. The van der Waals surface area contributed by atoms with Crippen molar-refractivity contribution in [1.29, 1.82) is 0 Å². The van der Waals surface area contributed by atoms with Crippen molar-refractivity contribution in [3.05, 3.63) is 81.4 Å². The number of hydrogen-bond acceptors (Lipinski definition) is 2. The van der Waals surface area contributed by atoms with Gasteiger partial charge in [0.2, 0.25) is 0 Å². The van der Waals surface area contributed by atoms with Gasteiger partial charge in [0.25, 0.3) is 11.5 Å². The van der Waals surface area contributed by atoms with Gasteiger partial charge in [0, 0.05) is 29.2 Å². The standard InChI is InChI=1S/C24H24N4O2/c1-15-22(24(30)28(27(15)2)17-8-4-3-5-9-17)26-23(29)16-12-13-21-19(14-16)18-10-6-7-11-20(18)25-21/h3-5,8-9,12-14,25H,6-7,10-11H2,1-2H3,(H,26,29). The Labute approximate surface area is 174 Å². The lowest BCUT2D eigenvalue weighted by atomic mass is 9.95. The molecule has 0 saturated heterocycles. The monoisotopic (exact) mass is 400 g/mol. The SMILES string of the molecule is Cc1c(NC(=O)c2ccc3[nH]c4c(c3c2)CCCC4)c(=O)n(-c2ccccc2)n1C. The van der Waals surface area contributed by atoms with Crippen LogP contribution in [0.5, 0.6) is 0 Å². The predicted molar refractivity (Wildman–Crippen MR) is 119 cm³/mol. The number of nitrogens with one attached hydrogen (secondary N) is 2. The summed E-state index contributed by atoms with van der Waals surface area (Å²) < 4.78 is 3.33. The fourth-order valence-electron chi connectivity index (χ4n) is 4.45. The number of aromatic nitrogens is 3. The molecule has 4 aromatic rings. The average Bonchev–Trinajstić information content (AvgIpc) is 3.24. The number of benzene rings is 2. The van der Waals surface area contributed by atoms with Gasteiger partial charge in [-0.2, -0.15) is 0 Å². The van der Waals surface area contributed by atoms with E-state index in [0.29, 0.717) is 16.9 Å². The molecule has 6 heteroatoms. The molecule has 2 aromatic heterocycles. The maximum atomic E-state index is 13.1. The molecule has 0 unspecified atom stereocenters. The van der Waals surface area contributed by atoms with Gasteiger partial charge in [-0.25, -0.2) is 4.68 Å². The van der Waals surface area contributed by atoms with Gasteiger partial charge in [0.15, 0.2) is 0 Å². The van der Waals surface area contributed by atoms with Crippen molar-refractivity contribution in [2.24, 2.45) is 7.05 Å². The van der Waals surface area contributed by atoms with Crippen LogP contribution in [0.25, 0.3) is 16.6 Å². The Balaban J connectivity index is 1.51. The first-order chi connectivity index (χ1) is 14.5. The van der Waals surface area contributed by atoms with E-state index in [9.17, 15) is 9.59 Å². The van der Waals surface area contributed by atoms with Gasteiger partial charge in [0.05, 0.1) is 11.4 Å². The van der Waals surface area contributed by atoms with E-state index in [4.69, 9.17) is 0 Å². The minimum atomic E-state index is -0.270. The summed E-state index contributed by atoms with van der Waals surface area (Å²) in [5, 5.41) is 3.97. The van der Waals surface area contributed by atoms with Crippen molar-refractivity contribution < 1.29 is 4.79 Å². The van der Waals surface area contributed by atoms with Crippen LogP contribution in [0.2, 0.25) is 0 Å². The molecule has 0 bridgehead atoms. The van der Waals surface area contributed by atoms with Crippen molar-refractivity contribution >= 4 is 22.5 Å². The van der Waals surface area contributed by atoms with Crippen molar-refractivity contribution in [2.75, 3.05) is 5.32 Å². The first-order valence-corrected chi connectivity index (χ1v) is 10.3. The Kier molecular flexibility index (Phi) is 4.35. The molecule has 2 heterocycles. The Hall–Kier alpha value is -3.54. The molecule has 0 saturated carbocycles. The van der Waals surface area contributed by atoms with Gasteiger partial charge in [-0.15, -0.1) is 0 Å². The summed E-state index contributed by atoms with van der Waals surface area (Å²) in [6.07, 6.45) is 4.49. The lowest BCUT2D eigenvalue weighted by Crippen LogP contribution is -2.22. The number of aryl methyl sites for hydroxylation is 2. The molecular weight excluding hydrogens is 376 g/mol. The van der Waals surface area contributed by atoms with Crippen LogP contribution in [0.1, 0.15) is 40.2 Å². The fourth-order valence-corrected chi connectivity index (χ4v) is 4.45. The largest absolute Gasteiger partial charge is 0.358 e. The topological polar surface area (TPSA) is 71.8 Å². The van der Waals surface area contributed by atoms with E-state index in [-0.39, 0.29) is 11.5 Å². The van der Waals surface area contributed by atoms with Crippen LogP contribution in [0.4, 0.5) is 5.69 Å². The van der Waals surface area contributed by atoms with Gasteiger partial charge in [0.1, 0.15) is 5.69 Å². The Morgan fingerprint density at radius 2 is 1.83 bits per heavy atom. The minimum Gasteiger partial charge on any atom is -0.358 e. The normalized spacial score (nSPS) is 13.4. The van der Waals surface area contributed by atoms with Crippen LogP contribution in [0.15, 0.2) is 53.3 Å². The molecule has 6 nitrogen and oxygen atoms in total. The molecule has 1 aliphatic rings. The van der Waals surface area contributed by atoms with E-state index < -0.39 is 0 Å². The highest BCUT2D eigenvalue weighted by atomic mass is 16.2. The number of nitrogens with zero attached hydrogens (tertiary/aromatic N) is 2. The maximum Gasteiger partial charge on any atom is 0.295 e. The van der Waals surface area contributed by atoms with E-state index in [2.05, 4.69) is 10.3 Å². The maximum absolute atomic E-state index is 13.1. The fraction of sp³-hybridized carbons (Fsp3) is 0.250. The molecular formula is C24H24N4O2. The van der Waals surface area contributed by atoms with E-state index >= 15 is 0 Å². The number of H-pyrrole nitrogens is 1. The summed E-state index contributed by atoms with van der Waals surface area (Å²) in [6, 6.07) is 15.1. The number of anilines is 1. The Morgan fingerprint density at radius 1 is 1.07 bits per heavy atom. The van der Waals surface area contributed by atoms with Crippen LogP contribution in [-0.2, 0) is 19.9 Å². The zero-order valence-electron chi connectivity index (χ0n) is 17.2. The molecule has 0 atom stereocenters. The lowest BCUT2D eigenvalue weighted by molar-refractivity contribution is 0.102. The number of carbonyl (C=O) groups excluding carboxylic acids is 1. The number of amides is 1. The summed E-state index contributed by atoms with van der Waals surface area (Å²) in [7, 11) is 1.82. The highest BCUT2D eigenvalue weighted by Gasteiger charge is 2.20. The van der Waals surface area contributed by atoms with Crippen molar-refractivity contribution in [3.8, 4) is 5.69 Å². The van der Waals surface area contributed by atoms with Gasteiger partial charge >= 0.3 is 0 Å². The number of hydrogen-bond donors (Lipinski definition) is 2. The molecule has 2 aromatic carbocycles. The lowest BCUT2D eigenvalue weighted by Gasteiger charge is -2.10. The molecule has 5 rings (SSSR count). The summed E-state index contributed by atoms with van der Waals surface area (Å²) in [4.78, 5) is 29.6. The number of rotatable bonds is 3. The Bertz CT molecular complexity index is 1320. The number of carbonyl (C=O) groups is 1. The average molecular weight is 400 g/mol. The summed E-state index contributed by atoms with van der Waals surface area (Å²) >= 11 is 0. The second kappa shape index (κ2) is 7.06. The summed E-state index contributed by atoms with van der Waals surface area (Å²) in [5.41, 5.74) is 5.78. The molecule has 2 N–H and O–H groups in total. The Morgan fingerprint density at radius 3 is 2.63 bits per heavy atom.